The zero-order valence-electron chi connectivity index (χ0n) is 11.7. The normalized spacial score (nSPS) is 60.4. The quantitative estimate of drug-likeness (QED) is 0.821. The van der Waals surface area contributed by atoms with E-state index < -0.39 is 5.60 Å². The van der Waals surface area contributed by atoms with Crippen LogP contribution in [0.1, 0.15) is 27.7 Å². The van der Waals surface area contributed by atoms with Gasteiger partial charge in [0.25, 0.3) is 0 Å². The number of nitrogens with one attached hydrogen (secondary N) is 1. The minimum atomic E-state index is -0.441. The highest BCUT2D eigenvalue weighted by atomic mass is 16.6. The van der Waals surface area contributed by atoms with Crippen molar-refractivity contribution in [2.75, 3.05) is 0 Å². The van der Waals surface area contributed by atoms with Gasteiger partial charge in [-0.05, 0) is 63.2 Å². The van der Waals surface area contributed by atoms with Gasteiger partial charge in [0.2, 0.25) is 0 Å². The number of rotatable bonds is 2. The van der Waals surface area contributed by atoms with Gasteiger partial charge in [0.1, 0.15) is 11.4 Å². The van der Waals surface area contributed by atoms with Crippen LogP contribution in [0, 0.1) is 40.9 Å². The summed E-state index contributed by atoms with van der Waals surface area (Å²) < 4.78 is 5.37. The maximum Gasteiger partial charge on any atom is 0.408 e. The number of hydrogen-bond acceptors (Lipinski definition) is 3. The van der Waals surface area contributed by atoms with Crippen LogP contribution in [-0.4, -0.2) is 23.0 Å². The lowest BCUT2D eigenvalue weighted by atomic mass is 8.94. The van der Waals surface area contributed by atoms with E-state index >= 15 is 0 Å². The zero-order valence-corrected chi connectivity index (χ0v) is 11.7. The van der Waals surface area contributed by atoms with E-state index in [1.807, 2.05) is 20.8 Å². The molecule has 0 aromatic carbocycles. The lowest BCUT2D eigenvalue weighted by Crippen LogP contribution is -3.16. The smallest absolute Gasteiger partial charge is 0.408 e. The van der Waals surface area contributed by atoms with E-state index in [0.717, 1.165) is 0 Å². The molecule has 1 amide bonds. The molecule has 0 bridgehead atoms. The molecule has 0 aliphatic heterocycles. The number of ketones is 1. The fourth-order valence-electron chi connectivity index (χ4n) is 6.96. The van der Waals surface area contributed by atoms with Crippen molar-refractivity contribution in [3.63, 3.8) is 0 Å². The van der Waals surface area contributed by atoms with E-state index in [1.54, 1.807) is 6.92 Å². The van der Waals surface area contributed by atoms with Gasteiger partial charge in [0.05, 0.1) is 5.54 Å². The van der Waals surface area contributed by atoms with Crippen molar-refractivity contribution < 1.29 is 14.3 Å². The highest BCUT2D eigenvalue weighted by molar-refractivity contribution is 5.93. The van der Waals surface area contributed by atoms with E-state index in [4.69, 9.17) is 4.74 Å². The number of hydrogen-bond donors (Lipinski definition) is 1. The molecule has 0 heterocycles. The molecule has 0 atom stereocenters. The third-order valence-electron chi connectivity index (χ3n) is 6.96. The standard InChI is InChI=1S/C15H19NO3/c1-5(17)14-6-9-7(14)11-8(14)10(6)15(9,11)16-12(18)19-13(2,3)4/h6-11H,1-4H3,(H,16,18). The minimum absolute atomic E-state index is 0.0412. The Hall–Kier alpha value is -1.06. The van der Waals surface area contributed by atoms with Gasteiger partial charge >= 0.3 is 6.09 Å². The maximum atomic E-state index is 12.0. The molecular formula is C15H19NO3. The maximum absolute atomic E-state index is 12.0. The summed E-state index contributed by atoms with van der Waals surface area (Å²) in [5.74, 6) is 3.96. The predicted octanol–water partition coefficient (Wildman–Crippen LogP) is 1.59. The van der Waals surface area contributed by atoms with Gasteiger partial charge in [-0.1, -0.05) is 0 Å². The van der Waals surface area contributed by atoms with Gasteiger partial charge in [-0.25, -0.2) is 4.79 Å². The summed E-state index contributed by atoms with van der Waals surface area (Å²) in [6, 6.07) is 0. The number of carbonyl (C=O) groups is 2. The number of alkyl carbamates (subject to hydrolysis) is 1. The molecule has 6 fully saturated rings. The van der Waals surface area contributed by atoms with Crippen LogP contribution in [0.25, 0.3) is 0 Å². The molecule has 0 saturated heterocycles. The third kappa shape index (κ3) is 0.673. The number of Topliss-reactive ketones (excluding diaryl/α,β-unsaturated/α-hetero) is 1. The molecule has 0 aromatic heterocycles. The molecular weight excluding hydrogens is 242 g/mol. The average molecular weight is 261 g/mol. The van der Waals surface area contributed by atoms with Crippen LogP contribution in [-0.2, 0) is 9.53 Å². The van der Waals surface area contributed by atoms with Crippen molar-refractivity contribution in [2.24, 2.45) is 40.9 Å². The monoisotopic (exact) mass is 261 g/mol. The molecule has 6 aliphatic rings. The molecule has 6 rings (SSSR count). The molecule has 4 nitrogen and oxygen atoms in total. The molecule has 0 spiro atoms. The van der Waals surface area contributed by atoms with Crippen molar-refractivity contribution in [2.45, 2.75) is 38.8 Å². The molecule has 6 saturated carbocycles. The van der Waals surface area contributed by atoms with Gasteiger partial charge in [-0.2, -0.15) is 0 Å². The summed E-state index contributed by atoms with van der Waals surface area (Å²) in [6.07, 6.45) is -0.278. The van der Waals surface area contributed by atoms with Crippen LogP contribution >= 0.6 is 0 Å². The molecule has 19 heavy (non-hydrogen) atoms. The number of ether oxygens (including phenoxy) is 1. The van der Waals surface area contributed by atoms with E-state index in [2.05, 4.69) is 5.32 Å². The van der Waals surface area contributed by atoms with Crippen molar-refractivity contribution in [3.05, 3.63) is 0 Å². The highest BCUT2D eigenvalue weighted by Gasteiger charge is 3.11. The first-order valence-corrected chi connectivity index (χ1v) is 7.30. The summed E-state index contributed by atoms with van der Waals surface area (Å²) in [5, 5.41) is 3.15. The largest absolute Gasteiger partial charge is 0.444 e. The fraction of sp³-hybridized carbons (Fsp3) is 0.867. The molecule has 6 aliphatic carbocycles. The Morgan fingerprint density at radius 3 is 1.84 bits per heavy atom. The zero-order chi connectivity index (χ0) is 13.5. The second kappa shape index (κ2) is 2.33. The van der Waals surface area contributed by atoms with Gasteiger partial charge in [-0.3, -0.25) is 4.79 Å². The van der Waals surface area contributed by atoms with E-state index in [0.29, 0.717) is 41.3 Å². The summed E-state index contributed by atoms with van der Waals surface area (Å²) >= 11 is 0. The Morgan fingerprint density at radius 2 is 1.47 bits per heavy atom. The number of amides is 1. The van der Waals surface area contributed by atoms with Gasteiger partial charge < -0.3 is 10.1 Å². The second-order valence-electron chi connectivity index (χ2n) is 8.20. The van der Waals surface area contributed by atoms with E-state index in [9.17, 15) is 9.59 Å². The van der Waals surface area contributed by atoms with Crippen LogP contribution in [0.15, 0.2) is 0 Å². The van der Waals surface area contributed by atoms with Crippen molar-refractivity contribution in [3.8, 4) is 0 Å². The first kappa shape index (κ1) is 10.7. The molecule has 4 heteroatoms. The van der Waals surface area contributed by atoms with Crippen LogP contribution in [0.5, 0.6) is 0 Å². The molecule has 0 unspecified atom stereocenters. The Balaban J connectivity index is 1.34. The van der Waals surface area contributed by atoms with Crippen LogP contribution in [0.3, 0.4) is 0 Å². The summed E-state index contributed by atoms with van der Waals surface area (Å²) in [5.41, 5.74) is -0.319. The average Bonchev–Trinajstić information content (AvgIpc) is 2.26. The lowest BCUT2D eigenvalue weighted by molar-refractivity contribution is -0.606. The molecule has 0 radical (unpaired) electrons. The topological polar surface area (TPSA) is 55.4 Å². The Morgan fingerprint density at radius 1 is 1.00 bits per heavy atom. The second-order valence-corrected chi connectivity index (χ2v) is 8.20. The SMILES string of the molecule is CC(=O)C12C3C4C1C1C2C3C41NC(=O)OC(C)(C)C. The van der Waals surface area contributed by atoms with Gasteiger partial charge in [-0.15, -0.1) is 0 Å². The first-order chi connectivity index (χ1) is 8.78. The van der Waals surface area contributed by atoms with Gasteiger partial charge in [0.15, 0.2) is 0 Å². The summed E-state index contributed by atoms with van der Waals surface area (Å²) in [7, 11) is 0. The number of carbonyl (C=O) groups excluding carboxylic acids is 2. The Labute approximate surface area is 112 Å². The molecule has 1 N–H and O–H groups in total. The summed E-state index contributed by atoms with van der Waals surface area (Å²) in [4.78, 5) is 23.8. The third-order valence-corrected chi connectivity index (χ3v) is 6.96. The Bertz CT molecular complexity index is 505. The van der Waals surface area contributed by atoms with Crippen molar-refractivity contribution in [1.82, 2.24) is 5.32 Å². The Kier molecular flexibility index (Phi) is 1.31. The van der Waals surface area contributed by atoms with E-state index in [1.165, 1.54) is 0 Å². The van der Waals surface area contributed by atoms with Crippen molar-refractivity contribution in [1.29, 1.82) is 0 Å². The first-order valence-electron chi connectivity index (χ1n) is 7.30. The molecule has 102 valence electrons. The van der Waals surface area contributed by atoms with Crippen molar-refractivity contribution >= 4 is 11.9 Å². The fourth-order valence-corrected chi connectivity index (χ4v) is 6.96. The van der Waals surface area contributed by atoms with E-state index in [-0.39, 0.29) is 17.0 Å². The lowest BCUT2D eigenvalue weighted by Gasteiger charge is -3.10. The minimum Gasteiger partial charge on any atom is -0.444 e. The van der Waals surface area contributed by atoms with Gasteiger partial charge in [0, 0.05) is 5.41 Å². The highest BCUT2D eigenvalue weighted by Crippen LogP contribution is 3.07. The predicted molar refractivity (Wildman–Crippen MR) is 66.2 cm³/mol. The molecule has 0 aromatic rings. The van der Waals surface area contributed by atoms with Crippen LogP contribution in [0.4, 0.5) is 4.79 Å². The summed E-state index contributed by atoms with van der Waals surface area (Å²) in [6.45, 7) is 7.42. The van der Waals surface area contributed by atoms with Crippen LogP contribution in [0.2, 0.25) is 0 Å². The van der Waals surface area contributed by atoms with Crippen LogP contribution < -0.4 is 5.32 Å².